The molecule has 1 aromatic carbocycles. The molecule has 5 heteroatoms. The second-order valence-electron chi connectivity index (χ2n) is 6.70. The topological polar surface area (TPSA) is 72.2 Å². The maximum absolute atomic E-state index is 12.5. The number of anilines is 1. The summed E-state index contributed by atoms with van der Waals surface area (Å²) in [5.74, 6) is -0.392. The van der Waals surface area contributed by atoms with Crippen molar-refractivity contribution in [2.24, 2.45) is 5.73 Å². The highest BCUT2D eigenvalue weighted by atomic mass is 32.1. The van der Waals surface area contributed by atoms with E-state index in [0.717, 1.165) is 36.8 Å². The quantitative estimate of drug-likeness (QED) is 0.786. The highest BCUT2D eigenvalue weighted by Gasteiger charge is 2.24. The number of fused-ring (bicyclic) bond motifs is 1. The van der Waals surface area contributed by atoms with Gasteiger partial charge < -0.3 is 11.1 Å². The molecule has 132 valence electrons. The second-order valence-corrected chi connectivity index (χ2v) is 7.80. The Hall–Kier alpha value is -2.14. The summed E-state index contributed by atoms with van der Waals surface area (Å²) < 4.78 is 0. The summed E-state index contributed by atoms with van der Waals surface area (Å²) in [6.45, 7) is 2.04. The van der Waals surface area contributed by atoms with Crippen LogP contribution in [-0.4, -0.2) is 11.8 Å². The number of hydrogen-bond acceptors (Lipinski definition) is 3. The Kier molecular flexibility index (Phi) is 5.53. The molecule has 1 aromatic heterocycles. The van der Waals surface area contributed by atoms with Crippen LogP contribution in [0.25, 0.3) is 0 Å². The summed E-state index contributed by atoms with van der Waals surface area (Å²) in [6, 6.07) is 9.98. The maximum atomic E-state index is 12.5. The number of thiophene rings is 1. The monoisotopic (exact) mass is 356 g/mol. The molecule has 0 saturated carbocycles. The fourth-order valence-corrected chi connectivity index (χ4v) is 4.76. The van der Waals surface area contributed by atoms with Gasteiger partial charge in [-0.25, -0.2) is 0 Å². The Morgan fingerprint density at radius 1 is 1.16 bits per heavy atom. The summed E-state index contributed by atoms with van der Waals surface area (Å²) in [4.78, 5) is 25.7. The van der Waals surface area contributed by atoms with E-state index in [-0.39, 0.29) is 11.8 Å². The lowest BCUT2D eigenvalue weighted by Gasteiger charge is -2.12. The van der Waals surface area contributed by atoms with Crippen molar-refractivity contribution in [2.45, 2.75) is 51.4 Å². The van der Waals surface area contributed by atoms with E-state index in [9.17, 15) is 9.59 Å². The molecule has 0 bridgehead atoms. The molecule has 2 aromatic rings. The first-order chi connectivity index (χ1) is 12.1. The first-order valence-corrected chi connectivity index (χ1v) is 9.67. The van der Waals surface area contributed by atoms with Crippen molar-refractivity contribution in [3.8, 4) is 0 Å². The van der Waals surface area contributed by atoms with Crippen molar-refractivity contribution in [3.63, 3.8) is 0 Å². The standard InChI is InChI=1S/C20H24N2O2S/c1-13(14-8-4-2-5-9-14)12-17(23)22-20-18(19(21)24)15-10-6-3-7-11-16(15)25-20/h2,4-5,8-9,13H,3,6-7,10-12H2,1H3,(H2,21,24)(H,22,23). The highest BCUT2D eigenvalue weighted by Crippen LogP contribution is 2.37. The van der Waals surface area contributed by atoms with Crippen LogP contribution in [0, 0.1) is 0 Å². The minimum atomic E-state index is -0.439. The molecule has 4 nitrogen and oxygen atoms in total. The van der Waals surface area contributed by atoms with Crippen LogP contribution in [0.4, 0.5) is 5.00 Å². The van der Waals surface area contributed by atoms with E-state index in [0.29, 0.717) is 17.0 Å². The van der Waals surface area contributed by atoms with Gasteiger partial charge in [0.25, 0.3) is 5.91 Å². The largest absolute Gasteiger partial charge is 0.365 e. The van der Waals surface area contributed by atoms with E-state index in [4.69, 9.17) is 5.73 Å². The van der Waals surface area contributed by atoms with Gasteiger partial charge in [-0.15, -0.1) is 11.3 Å². The van der Waals surface area contributed by atoms with E-state index in [1.165, 1.54) is 22.6 Å². The zero-order valence-corrected chi connectivity index (χ0v) is 15.3. The normalized spacial score (nSPS) is 15.1. The minimum absolute atomic E-state index is 0.0738. The smallest absolute Gasteiger partial charge is 0.251 e. The molecule has 0 radical (unpaired) electrons. The third-order valence-electron chi connectivity index (χ3n) is 4.78. The van der Waals surface area contributed by atoms with Gasteiger partial charge in [0.05, 0.1) is 5.56 Å². The second kappa shape index (κ2) is 7.83. The lowest BCUT2D eigenvalue weighted by molar-refractivity contribution is -0.116. The summed E-state index contributed by atoms with van der Waals surface area (Å²) in [7, 11) is 0. The zero-order chi connectivity index (χ0) is 17.8. The molecule has 0 aliphatic heterocycles. The number of carbonyl (C=O) groups is 2. The molecule has 0 saturated heterocycles. The summed E-state index contributed by atoms with van der Waals surface area (Å²) in [5.41, 5.74) is 8.34. The lowest BCUT2D eigenvalue weighted by atomic mass is 9.97. The Morgan fingerprint density at radius 3 is 2.60 bits per heavy atom. The number of hydrogen-bond donors (Lipinski definition) is 2. The number of nitrogens with one attached hydrogen (secondary N) is 1. The minimum Gasteiger partial charge on any atom is -0.365 e. The van der Waals surface area contributed by atoms with E-state index in [1.54, 1.807) is 0 Å². The number of primary amides is 1. The molecule has 3 N–H and O–H groups in total. The van der Waals surface area contributed by atoms with Gasteiger partial charge >= 0.3 is 0 Å². The van der Waals surface area contributed by atoms with Crippen molar-refractivity contribution in [1.29, 1.82) is 0 Å². The van der Waals surface area contributed by atoms with Crippen molar-refractivity contribution >= 4 is 28.2 Å². The highest BCUT2D eigenvalue weighted by molar-refractivity contribution is 7.17. The van der Waals surface area contributed by atoms with Crippen molar-refractivity contribution in [1.82, 2.24) is 0 Å². The predicted octanol–water partition coefficient (Wildman–Crippen LogP) is 4.25. The van der Waals surface area contributed by atoms with Crippen LogP contribution >= 0.6 is 11.3 Å². The number of rotatable bonds is 5. The van der Waals surface area contributed by atoms with Crippen LogP contribution in [0.1, 0.15) is 64.9 Å². The van der Waals surface area contributed by atoms with Gasteiger partial charge in [-0.3, -0.25) is 9.59 Å². The van der Waals surface area contributed by atoms with Gasteiger partial charge in [0.15, 0.2) is 0 Å². The van der Waals surface area contributed by atoms with Crippen molar-refractivity contribution in [3.05, 3.63) is 51.9 Å². The molecule has 1 aliphatic carbocycles. The van der Waals surface area contributed by atoms with Crippen LogP contribution in [0.15, 0.2) is 30.3 Å². The van der Waals surface area contributed by atoms with Crippen LogP contribution < -0.4 is 11.1 Å². The Labute approximate surface area is 152 Å². The summed E-state index contributed by atoms with van der Waals surface area (Å²) in [6.07, 6.45) is 5.60. The fraction of sp³-hybridized carbons (Fsp3) is 0.400. The number of nitrogens with two attached hydrogens (primary N) is 1. The van der Waals surface area contributed by atoms with E-state index >= 15 is 0 Å². The van der Waals surface area contributed by atoms with Crippen molar-refractivity contribution < 1.29 is 9.59 Å². The zero-order valence-electron chi connectivity index (χ0n) is 14.5. The molecular formula is C20H24N2O2S. The van der Waals surface area contributed by atoms with Crippen LogP contribution in [0.3, 0.4) is 0 Å². The van der Waals surface area contributed by atoms with Gasteiger partial charge in [-0.1, -0.05) is 43.7 Å². The Bertz CT molecular complexity index is 768. The molecule has 3 rings (SSSR count). The predicted molar refractivity (Wildman–Crippen MR) is 102 cm³/mol. The Morgan fingerprint density at radius 2 is 1.88 bits per heavy atom. The van der Waals surface area contributed by atoms with Gasteiger partial charge in [0.2, 0.25) is 5.91 Å². The third-order valence-corrected chi connectivity index (χ3v) is 5.99. The van der Waals surface area contributed by atoms with E-state index in [1.807, 2.05) is 37.3 Å². The molecule has 0 spiro atoms. The van der Waals surface area contributed by atoms with E-state index < -0.39 is 5.91 Å². The fourth-order valence-electron chi connectivity index (χ4n) is 3.45. The summed E-state index contributed by atoms with van der Waals surface area (Å²) in [5, 5.41) is 3.58. The molecule has 25 heavy (non-hydrogen) atoms. The molecule has 1 aliphatic rings. The van der Waals surface area contributed by atoms with Gasteiger partial charge in [0, 0.05) is 11.3 Å². The first kappa shape index (κ1) is 17.7. The lowest BCUT2D eigenvalue weighted by Crippen LogP contribution is -2.19. The van der Waals surface area contributed by atoms with Crippen LogP contribution in [-0.2, 0) is 17.6 Å². The molecule has 1 atom stereocenters. The number of aryl methyl sites for hydroxylation is 1. The molecule has 1 unspecified atom stereocenters. The van der Waals surface area contributed by atoms with E-state index in [2.05, 4.69) is 5.32 Å². The summed E-state index contributed by atoms with van der Waals surface area (Å²) >= 11 is 1.52. The molecule has 2 amide bonds. The number of amides is 2. The van der Waals surface area contributed by atoms with Gasteiger partial charge in [0.1, 0.15) is 5.00 Å². The Balaban J connectivity index is 1.76. The maximum Gasteiger partial charge on any atom is 0.251 e. The average Bonchev–Trinajstić information content (AvgIpc) is 2.76. The number of benzene rings is 1. The third kappa shape index (κ3) is 4.10. The van der Waals surface area contributed by atoms with Crippen molar-refractivity contribution in [2.75, 3.05) is 5.32 Å². The van der Waals surface area contributed by atoms with Gasteiger partial charge in [-0.2, -0.15) is 0 Å². The number of carbonyl (C=O) groups excluding carboxylic acids is 2. The van der Waals surface area contributed by atoms with Crippen LogP contribution in [0.2, 0.25) is 0 Å². The molecule has 1 heterocycles. The first-order valence-electron chi connectivity index (χ1n) is 8.85. The SMILES string of the molecule is CC(CC(=O)Nc1sc2c(c1C(N)=O)CCCCC2)c1ccccc1. The molecular weight excluding hydrogens is 332 g/mol. The van der Waals surface area contributed by atoms with Crippen LogP contribution in [0.5, 0.6) is 0 Å². The van der Waals surface area contributed by atoms with Gasteiger partial charge in [-0.05, 0) is 42.7 Å². The molecule has 0 fully saturated rings. The average molecular weight is 356 g/mol.